The van der Waals surface area contributed by atoms with Crippen molar-refractivity contribution in [1.82, 2.24) is 14.5 Å². The van der Waals surface area contributed by atoms with Gasteiger partial charge in [0.05, 0.1) is 16.9 Å². The van der Waals surface area contributed by atoms with Crippen molar-refractivity contribution in [3.63, 3.8) is 0 Å². The SMILES string of the molecule is FC(F)(F)c1ccc2o[c-]c(-c3nc4ccccc4n3-c3ccc(-c4ccccc4)cc3)c2c1.[Ir].[c-]1ccccc1-c1ccccn1. The molecule has 8 rings (SSSR count). The molecule has 1 radical (unpaired) electrons. The van der Waals surface area contributed by atoms with E-state index < -0.39 is 11.7 Å². The number of hydrogen-bond donors (Lipinski definition) is 0. The average Bonchev–Trinajstić information content (AvgIpc) is 3.71. The molecule has 47 heavy (non-hydrogen) atoms. The minimum atomic E-state index is -4.46. The van der Waals surface area contributed by atoms with Gasteiger partial charge in [-0.2, -0.15) is 13.2 Å². The molecular formula is C39H24F3IrN3O-2. The van der Waals surface area contributed by atoms with Gasteiger partial charge in [-0.15, -0.1) is 35.9 Å². The number of para-hydroxylation sites is 2. The Morgan fingerprint density at radius 1 is 0.702 bits per heavy atom. The van der Waals surface area contributed by atoms with Crippen LogP contribution in [0.25, 0.3) is 61.5 Å². The monoisotopic (exact) mass is 800 g/mol. The second-order valence-electron chi connectivity index (χ2n) is 10.5. The van der Waals surface area contributed by atoms with Gasteiger partial charge in [-0.25, -0.2) is 0 Å². The molecule has 3 heterocycles. The number of aromatic nitrogens is 3. The number of hydrogen-bond acceptors (Lipinski definition) is 3. The molecule has 0 fully saturated rings. The van der Waals surface area contributed by atoms with E-state index in [1.807, 2.05) is 126 Å². The summed E-state index contributed by atoms with van der Waals surface area (Å²) in [7, 11) is 0. The molecule has 233 valence electrons. The molecule has 3 aromatic heterocycles. The number of imidazole rings is 1. The van der Waals surface area contributed by atoms with Crippen LogP contribution in [0.5, 0.6) is 0 Å². The summed E-state index contributed by atoms with van der Waals surface area (Å²) in [5.41, 5.74) is 6.51. The van der Waals surface area contributed by atoms with Crippen molar-refractivity contribution >= 4 is 22.0 Å². The Kier molecular flexibility index (Phi) is 9.16. The molecule has 0 spiro atoms. The van der Waals surface area contributed by atoms with Gasteiger partial charge in [0.2, 0.25) is 0 Å². The molecule has 5 aromatic carbocycles. The van der Waals surface area contributed by atoms with Crippen LogP contribution in [0.15, 0.2) is 150 Å². The van der Waals surface area contributed by atoms with E-state index >= 15 is 0 Å². The number of pyridine rings is 1. The Morgan fingerprint density at radius 2 is 1.43 bits per heavy atom. The number of fused-ring (bicyclic) bond motifs is 2. The first-order chi connectivity index (χ1) is 22.5. The predicted molar refractivity (Wildman–Crippen MR) is 174 cm³/mol. The van der Waals surface area contributed by atoms with Crippen molar-refractivity contribution in [1.29, 1.82) is 0 Å². The van der Waals surface area contributed by atoms with E-state index in [0.29, 0.717) is 22.4 Å². The molecule has 4 nitrogen and oxygen atoms in total. The zero-order chi connectivity index (χ0) is 31.5. The Bertz CT molecular complexity index is 2190. The summed E-state index contributed by atoms with van der Waals surface area (Å²) in [5, 5.41) is 0.312. The fourth-order valence-corrected chi connectivity index (χ4v) is 5.28. The van der Waals surface area contributed by atoms with Gasteiger partial charge in [-0.05, 0) is 47.2 Å². The molecule has 0 saturated heterocycles. The van der Waals surface area contributed by atoms with E-state index in [-0.39, 0.29) is 20.1 Å². The summed E-state index contributed by atoms with van der Waals surface area (Å²) in [6, 6.07) is 45.8. The topological polar surface area (TPSA) is 43.9 Å². The van der Waals surface area contributed by atoms with Gasteiger partial charge in [0.15, 0.2) is 0 Å². The molecule has 0 amide bonds. The van der Waals surface area contributed by atoms with E-state index in [1.165, 1.54) is 6.07 Å². The average molecular weight is 800 g/mol. The summed E-state index contributed by atoms with van der Waals surface area (Å²) < 4.78 is 47.6. The summed E-state index contributed by atoms with van der Waals surface area (Å²) in [5.74, 6) is 0.465. The standard InChI is InChI=1S/C28H16F3N2O.C11H8N.Ir/c29-28(30,31)20-12-15-26-22(16-20)23(17-34-26)27-32-24-8-4-5-9-25(24)33(27)21-13-10-19(11-14-21)18-6-2-1-3-7-18;1-2-6-10(7-3-1)11-8-4-5-9-12-11;/h1-16H;1-6,8-9H;/q2*-1;. The summed E-state index contributed by atoms with van der Waals surface area (Å²) in [6.45, 7) is 0. The molecule has 0 aliphatic carbocycles. The fourth-order valence-electron chi connectivity index (χ4n) is 5.28. The largest absolute Gasteiger partial charge is 0.557 e. The van der Waals surface area contributed by atoms with Crippen LogP contribution in [0.1, 0.15) is 5.56 Å². The Labute approximate surface area is 282 Å². The Morgan fingerprint density at radius 3 is 2.15 bits per heavy atom. The third-order valence-corrected chi connectivity index (χ3v) is 7.51. The fraction of sp³-hybridized carbons (Fsp3) is 0.0256. The zero-order valence-electron chi connectivity index (χ0n) is 24.6. The van der Waals surface area contributed by atoms with Crippen molar-refractivity contribution in [2.75, 3.05) is 0 Å². The van der Waals surface area contributed by atoms with Crippen LogP contribution in [0.3, 0.4) is 0 Å². The second-order valence-corrected chi connectivity index (χ2v) is 10.5. The van der Waals surface area contributed by atoms with Crippen LogP contribution in [0.4, 0.5) is 13.2 Å². The maximum Gasteiger partial charge on any atom is 0.415 e. The summed E-state index contributed by atoms with van der Waals surface area (Å²) in [4.78, 5) is 8.96. The van der Waals surface area contributed by atoms with Crippen LogP contribution in [0.2, 0.25) is 0 Å². The molecular weight excluding hydrogens is 776 g/mol. The van der Waals surface area contributed by atoms with Gasteiger partial charge in [0, 0.05) is 49.4 Å². The molecule has 8 aromatic rings. The number of alkyl halides is 3. The maximum atomic E-state index is 13.4. The van der Waals surface area contributed by atoms with Gasteiger partial charge in [-0.3, -0.25) is 4.98 Å². The number of nitrogens with zero attached hydrogens (tertiary/aromatic N) is 3. The maximum absolute atomic E-state index is 13.4. The quantitative estimate of drug-likeness (QED) is 0.167. The van der Waals surface area contributed by atoms with Crippen LogP contribution >= 0.6 is 0 Å². The third-order valence-electron chi connectivity index (χ3n) is 7.51. The van der Waals surface area contributed by atoms with Crippen molar-refractivity contribution in [2.24, 2.45) is 0 Å². The van der Waals surface area contributed by atoms with Crippen molar-refractivity contribution < 1.29 is 37.7 Å². The molecule has 0 bridgehead atoms. The third kappa shape index (κ3) is 6.66. The van der Waals surface area contributed by atoms with Gasteiger partial charge in [0.25, 0.3) is 0 Å². The molecule has 0 N–H and O–H groups in total. The molecule has 0 saturated carbocycles. The molecule has 0 aliphatic rings. The first kappa shape index (κ1) is 31.7. The summed E-state index contributed by atoms with van der Waals surface area (Å²) >= 11 is 0. The minimum absolute atomic E-state index is 0. The predicted octanol–water partition coefficient (Wildman–Crippen LogP) is 10.5. The smallest absolute Gasteiger partial charge is 0.415 e. The summed E-state index contributed by atoms with van der Waals surface area (Å²) in [6.07, 6.45) is 0.117. The first-order valence-electron chi connectivity index (χ1n) is 14.5. The number of halogens is 3. The molecule has 8 heteroatoms. The van der Waals surface area contributed by atoms with Crippen LogP contribution in [-0.4, -0.2) is 14.5 Å². The first-order valence-corrected chi connectivity index (χ1v) is 14.5. The van der Waals surface area contributed by atoms with Crippen LogP contribution in [-0.2, 0) is 26.3 Å². The normalized spacial score (nSPS) is 11.1. The number of rotatable bonds is 4. The van der Waals surface area contributed by atoms with Crippen molar-refractivity contribution in [3.05, 3.63) is 164 Å². The van der Waals surface area contributed by atoms with Gasteiger partial charge in [0.1, 0.15) is 0 Å². The van der Waals surface area contributed by atoms with Gasteiger partial charge < -0.3 is 14.0 Å². The zero-order valence-corrected chi connectivity index (χ0v) is 27.0. The van der Waals surface area contributed by atoms with E-state index in [4.69, 9.17) is 9.40 Å². The second kappa shape index (κ2) is 13.6. The van der Waals surface area contributed by atoms with E-state index in [2.05, 4.69) is 17.3 Å². The van der Waals surface area contributed by atoms with E-state index in [9.17, 15) is 13.2 Å². The minimum Gasteiger partial charge on any atom is -0.557 e. The van der Waals surface area contributed by atoms with E-state index in [0.717, 1.165) is 51.2 Å². The molecule has 0 aliphatic heterocycles. The van der Waals surface area contributed by atoms with Gasteiger partial charge in [-0.1, -0.05) is 95.9 Å². The van der Waals surface area contributed by atoms with Crippen LogP contribution in [0, 0.1) is 12.3 Å². The molecule has 0 atom stereocenters. The van der Waals surface area contributed by atoms with Crippen molar-refractivity contribution in [2.45, 2.75) is 6.18 Å². The van der Waals surface area contributed by atoms with Crippen molar-refractivity contribution in [3.8, 4) is 39.5 Å². The Hall–Kier alpha value is -5.30. The van der Waals surface area contributed by atoms with Crippen LogP contribution < -0.4 is 0 Å². The van der Waals surface area contributed by atoms with Gasteiger partial charge >= 0.3 is 6.18 Å². The van der Waals surface area contributed by atoms with E-state index in [1.54, 1.807) is 6.20 Å². The Balaban J connectivity index is 0.000000250. The number of benzene rings is 5. The molecule has 0 unspecified atom stereocenters. The number of furan rings is 1.